The first kappa shape index (κ1) is 24.4. The molecule has 1 fully saturated rings. The van der Waals surface area contributed by atoms with Crippen LogP contribution >= 0.6 is 0 Å². The number of benzene rings is 3. The minimum Gasteiger partial charge on any atom is -0.452 e. The summed E-state index contributed by atoms with van der Waals surface area (Å²) in [5.74, 6) is -0.834. The number of amides is 1. The molecule has 0 spiro atoms. The van der Waals surface area contributed by atoms with Gasteiger partial charge in [-0.05, 0) is 54.4 Å². The van der Waals surface area contributed by atoms with Gasteiger partial charge in [0.05, 0.1) is 12.0 Å². The third-order valence-corrected chi connectivity index (χ3v) is 6.26. The largest absolute Gasteiger partial charge is 0.452 e. The van der Waals surface area contributed by atoms with Gasteiger partial charge in [0.1, 0.15) is 5.75 Å². The van der Waals surface area contributed by atoms with Crippen molar-refractivity contribution in [2.45, 2.75) is 26.3 Å². The predicted molar refractivity (Wildman–Crippen MR) is 133 cm³/mol. The lowest BCUT2D eigenvalue weighted by molar-refractivity contribution is -0.136. The molecule has 0 saturated carbocycles. The van der Waals surface area contributed by atoms with Crippen LogP contribution in [-0.2, 0) is 20.7 Å². The lowest BCUT2D eigenvalue weighted by Gasteiger charge is -2.36. The standard InChI is InChI=1S/C28H30N2O5/c1-20(2)29-14-16-30(17-15-29)26(31)19-34-28(33)22-10-12-24(13-11-22)35-27(32)18-23-8-5-7-21-6-3-4-9-25(21)23/h3-13,20H,14-19H2,1-2H3. The van der Waals surface area contributed by atoms with Crippen molar-refractivity contribution in [1.29, 1.82) is 0 Å². The zero-order valence-electron chi connectivity index (χ0n) is 20.1. The Labute approximate surface area is 205 Å². The van der Waals surface area contributed by atoms with Crippen LogP contribution in [0.15, 0.2) is 66.7 Å². The monoisotopic (exact) mass is 474 g/mol. The Bertz CT molecular complexity index is 1190. The fraction of sp³-hybridized carbons (Fsp3) is 0.321. The van der Waals surface area contributed by atoms with Crippen LogP contribution in [0.3, 0.4) is 0 Å². The fourth-order valence-electron chi connectivity index (χ4n) is 4.22. The Morgan fingerprint density at radius 1 is 0.857 bits per heavy atom. The van der Waals surface area contributed by atoms with E-state index in [1.54, 1.807) is 17.0 Å². The van der Waals surface area contributed by atoms with E-state index >= 15 is 0 Å². The summed E-state index contributed by atoms with van der Waals surface area (Å²) in [7, 11) is 0. The van der Waals surface area contributed by atoms with E-state index in [-0.39, 0.29) is 30.5 Å². The number of nitrogens with zero attached hydrogens (tertiary/aromatic N) is 2. The second-order valence-corrected chi connectivity index (χ2v) is 8.90. The summed E-state index contributed by atoms with van der Waals surface area (Å²) in [4.78, 5) is 41.3. The van der Waals surface area contributed by atoms with Crippen molar-refractivity contribution in [2.75, 3.05) is 32.8 Å². The Morgan fingerprint density at radius 2 is 1.54 bits per heavy atom. The predicted octanol–water partition coefficient (Wildman–Crippen LogP) is 3.70. The van der Waals surface area contributed by atoms with E-state index in [4.69, 9.17) is 9.47 Å². The van der Waals surface area contributed by atoms with Crippen LogP contribution < -0.4 is 4.74 Å². The van der Waals surface area contributed by atoms with Crippen molar-refractivity contribution < 1.29 is 23.9 Å². The highest BCUT2D eigenvalue weighted by Gasteiger charge is 2.23. The highest BCUT2D eigenvalue weighted by molar-refractivity contribution is 5.92. The molecule has 4 rings (SSSR count). The molecule has 0 N–H and O–H groups in total. The van der Waals surface area contributed by atoms with Gasteiger partial charge < -0.3 is 14.4 Å². The van der Waals surface area contributed by atoms with E-state index < -0.39 is 5.97 Å². The summed E-state index contributed by atoms with van der Waals surface area (Å²) in [6, 6.07) is 20.3. The molecule has 0 bridgehead atoms. The molecule has 0 unspecified atom stereocenters. The normalized spacial score (nSPS) is 14.2. The molecule has 0 aromatic heterocycles. The summed E-state index contributed by atoms with van der Waals surface area (Å²) in [6.45, 7) is 6.88. The number of rotatable bonds is 7. The molecule has 3 aromatic carbocycles. The van der Waals surface area contributed by atoms with E-state index in [1.807, 2.05) is 42.5 Å². The average molecular weight is 475 g/mol. The lowest BCUT2D eigenvalue weighted by atomic mass is 10.0. The molecule has 3 aromatic rings. The molecular weight excluding hydrogens is 444 g/mol. The first-order valence-corrected chi connectivity index (χ1v) is 11.9. The minimum atomic E-state index is -0.590. The third kappa shape index (κ3) is 6.25. The van der Waals surface area contributed by atoms with Gasteiger partial charge in [0, 0.05) is 32.2 Å². The van der Waals surface area contributed by atoms with E-state index in [2.05, 4.69) is 18.7 Å². The van der Waals surface area contributed by atoms with E-state index in [9.17, 15) is 14.4 Å². The average Bonchev–Trinajstić information content (AvgIpc) is 2.87. The molecule has 7 heteroatoms. The molecule has 1 aliphatic rings. The second-order valence-electron chi connectivity index (χ2n) is 8.90. The second kappa shape index (κ2) is 11.1. The first-order chi connectivity index (χ1) is 16.9. The van der Waals surface area contributed by atoms with Crippen molar-refractivity contribution in [3.8, 4) is 5.75 Å². The quantitative estimate of drug-likeness (QED) is 0.384. The molecule has 182 valence electrons. The molecular formula is C28H30N2O5. The zero-order valence-corrected chi connectivity index (χ0v) is 20.1. The number of piperazine rings is 1. The van der Waals surface area contributed by atoms with Crippen LogP contribution in [0.1, 0.15) is 29.8 Å². The van der Waals surface area contributed by atoms with Crippen LogP contribution in [-0.4, -0.2) is 66.5 Å². The Kier molecular flexibility index (Phi) is 7.77. The van der Waals surface area contributed by atoms with Gasteiger partial charge in [0.15, 0.2) is 6.61 Å². The van der Waals surface area contributed by atoms with Crippen LogP contribution in [0.2, 0.25) is 0 Å². The van der Waals surface area contributed by atoms with Gasteiger partial charge >= 0.3 is 11.9 Å². The van der Waals surface area contributed by atoms with Crippen LogP contribution in [0.25, 0.3) is 10.8 Å². The molecule has 1 amide bonds. The molecule has 1 aliphatic heterocycles. The Morgan fingerprint density at radius 3 is 2.26 bits per heavy atom. The van der Waals surface area contributed by atoms with Crippen molar-refractivity contribution in [1.82, 2.24) is 9.80 Å². The SMILES string of the molecule is CC(C)N1CCN(C(=O)COC(=O)c2ccc(OC(=O)Cc3cccc4ccccc34)cc2)CC1. The lowest BCUT2D eigenvalue weighted by Crippen LogP contribution is -2.51. The van der Waals surface area contributed by atoms with Gasteiger partial charge in [-0.25, -0.2) is 4.79 Å². The van der Waals surface area contributed by atoms with Crippen LogP contribution in [0.5, 0.6) is 5.75 Å². The van der Waals surface area contributed by atoms with Crippen LogP contribution in [0.4, 0.5) is 0 Å². The van der Waals surface area contributed by atoms with E-state index in [1.165, 1.54) is 12.1 Å². The Hall–Kier alpha value is -3.71. The van der Waals surface area contributed by atoms with Gasteiger partial charge in [-0.3, -0.25) is 14.5 Å². The number of carbonyl (C=O) groups is 3. The number of fused-ring (bicyclic) bond motifs is 1. The van der Waals surface area contributed by atoms with Gasteiger partial charge in [-0.1, -0.05) is 42.5 Å². The maximum absolute atomic E-state index is 12.5. The number of ether oxygens (including phenoxy) is 2. The number of esters is 2. The van der Waals surface area contributed by atoms with Crippen LogP contribution in [0, 0.1) is 0 Å². The molecule has 1 heterocycles. The summed E-state index contributed by atoms with van der Waals surface area (Å²) in [6.07, 6.45) is 0.138. The number of hydrogen-bond donors (Lipinski definition) is 0. The molecule has 35 heavy (non-hydrogen) atoms. The first-order valence-electron chi connectivity index (χ1n) is 11.9. The van der Waals surface area contributed by atoms with Gasteiger partial charge in [0.2, 0.25) is 0 Å². The summed E-state index contributed by atoms with van der Waals surface area (Å²) in [5.41, 5.74) is 1.18. The molecule has 0 aliphatic carbocycles. The molecule has 0 radical (unpaired) electrons. The van der Waals surface area contributed by atoms with Crippen molar-refractivity contribution in [2.24, 2.45) is 0 Å². The smallest absolute Gasteiger partial charge is 0.338 e. The number of hydrogen-bond acceptors (Lipinski definition) is 6. The third-order valence-electron chi connectivity index (χ3n) is 6.26. The number of carbonyl (C=O) groups excluding carboxylic acids is 3. The Balaban J connectivity index is 1.26. The molecule has 0 atom stereocenters. The van der Waals surface area contributed by atoms with E-state index in [0.717, 1.165) is 29.4 Å². The fourth-order valence-corrected chi connectivity index (χ4v) is 4.22. The highest BCUT2D eigenvalue weighted by Crippen LogP contribution is 2.20. The van der Waals surface area contributed by atoms with Gasteiger partial charge in [0.25, 0.3) is 5.91 Å². The van der Waals surface area contributed by atoms with Crippen molar-refractivity contribution in [3.63, 3.8) is 0 Å². The highest BCUT2D eigenvalue weighted by atomic mass is 16.5. The molecule has 7 nitrogen and oxygen atoms in total. The maximum atomic E-state index is 12.5. The minimum absolute atomic E-state index is 0.138. The van der Waals surface area contributed by atoms with Crippen molar-refractivity contribution >= 4 is 28.6 Å². The maximum Gasteiger partial charge on any atom is 0.338 e. The van der Waals surface area contributed by atoms with Gasteiger partial charge in [-0.15, -0.1) is 0 Å². The van der Waals surface area contributed by atoms with Gasteiger partial charge in [-0.2, -0.15) is 0 Å². The topological polar surface area (TPSA) is 76.2 Å². The van der Waals surface area contributed by atoms with E-state index in [0.29, 0.717) is 24.9 Å². The summed E-state index contributed by atoms with van der Waals surface area (Å²) >= 11 is 0. The summed E-state index contributed by atoms with van der Waals surface area (Å²) in [5, 5.41) is 2.08. The van der Waals surface area contributed by atoms with Crippen molar-refractivity contribution in [3.05, 3.63) is 77.9 Å². The zero-order chi connectivity index (χ0) is 24.8. The summed E-state index contributed by atoms with van der Waals surface area (Å²) < 4.78 is 10.7. The molecule has 1 saturated heterocycles.